The van der Waals surface area contributed by atoms with Crippen LogP contribution in [0.4, 0.5) is 4.79 Å². The van der Waals surface area contributed by atoms with Gasteiger partial charge in [-0.2, -0.15) is 0 Å². The van der Waals surface area contributed by atoms with Crippen LogP contribution >= 0.6 is 0 Å². The standard InChI is InChI=1S/C23H24N2O6/c26-11-20(22(28)29)25-21(27)18-9-13(18)10-24-23(30)31-12-19-16-7-3-1-5-14(16)15-6-2-4-8-17(15)19/h1-8,13,18-20,26H,9-12H2,(H,24,30)(H,25,27)(H,28,29)/t13-,18-,20?/m1/s1. The van der Waals surface area contributed by atoms with Crippen LogP contribution in [0.1, 0.15) is 23.5 Å². The fraction of sp³-hybridized carbons (Fsp3) is 0.348. The Kier molecular flexibility index (Phi) is 5.90. The molecule has 0 spiro atoms. The van der Waals surface area contributed by atoms with Gasteiger partial charge >= 0.3 is 12.1 Å². The van der Waals surface area contributed by atoms with Gasteiger partial charge in [0.05, 0.1) is 6.61 Å². The van der Waals surface area contributed by atoms with Crippen LogP contribution in [0.2, 0.25) is 0 Å². The summed E-state index contributed by atoms with van der Waals surface area (Å²) in [6, 6.07) is 14.8. The molecule has 2 amide bonds. The highest BCUT2D eigenvalue weighted by Crippen LogP contribution is 2.44. The predicted molar refractivity (Wildman–Crippen MR) is 111 cm³/mol. The summed E-state index contributed by atoms with van der Waals surface area (Å²) in [6.45, 7) is -0.187. The summed E-state index contributed by atoms with van der Waals surface area (Å²) in [7, 11) is 0. The Morgan fingerprint density at radius 1 is 1.03 bits per heavy atom. The van der Waals surface area contributed by atoms with Crippen LogP contribution in [0.15, 0.2) is 48.5 Å². The Bertz CT molecular complexity index is 962. The number of nitrogens with one attached hydrogen (secondary N) is 2. The van der Waals surface area contributed by atoms with Gasteiger partial charge in [0.1, 0.15) is 12.6 Å². The molecule has 1 fully saturated rings. The van der Waals surface area contributed by atoms with E-state index in [1.807, 2.05) is 36.4 Å². The minimum absolute atomic E-state index is 0.0240. The second kappa shape index (κ2) is 8.77. The van der Waals surface area contributed by atoms with E-state index in [4.69, 9.17) is 14.9 Å². The third kappa shape index (κ3) is 4.39. The Hall–Kier alpha value is -3.39. The maximum absolute atomic E-state index is 12.2. The summed E-state index contributed by atoms with van der Waals surface area (Å²) in [4.78, 5) is 35.1. The van der Waals surface area contributed by atoms with Crippen LogP contribution in [0.5, 0.6) is 0 Å². The number of alkyl carbamates (subject to hydrolysis) is 1. The number of carboxylic acid groups (broad SMARTS) is 1. The number of aliphatic hydroxyl groups is 1. The molecular weight excluding hydrogens is 400 g/mol. The van der Waals surface area contributed by atoms with E-state index in [0.717, 1.165) is 22.3 Å². The first kappa shape index (κ1) is 20.9. The SMILES string of the molecule is O=C(NC[C@H]1C[C@H]1C(=O)NC(CO)C(=O)O)OCC1c2ccccc2-c2ccccc21. The molecule has 1 unspecified atom stereocenters. The number of hydrogen-bond donors (Lipinski definition) is 4. The molecule has 0 radical (unpaired) electrons. The lowest BCUT2D eigenvalue weighted by atomic mass is 9.98. The Balaban J connectivity index is 1.26. The minimum atomic E-state index is -1.32. The van der Waals surface area contributed by atoms with Crippen LogP contribution in [-0.2, 0) is 14.3 Å². The molecule has 2 aliphatic rings. The molecule has 31 heavy (non-hydrogen) atoms. The smallest absolute Gasteiger partial charge is 0.407 e. The van der Waals surface area contributed by atoms with E-state index in [1.54, 1.807) is 0 Å². The van der Waals surface area contributed by atoms with E-state index < -0.39 is 30.6 Å². The number of hydrogen-bond acceptors (Lipinski definition) is 5. The van der Waals surface area contributed by atoms with Crippen LogP contribution in [0, 0.1) is 11.8 Å². The normalized spacial score (nSPS) is 19.6. The van der Waals surface area contributed by atoms with Crippen molar-refractivity contribution in [3.63, 3.8) is 0 Å². The molecule has 4 N–H and O–H groups in total. The average molecular weight is 424 g/mol. The van der Waals surface area contributed by atoms with Crippen molar-refractivity contribution in [2.75, 3.05) is 19.8 Å². The van der Waals surface area contributed by atoms with Crippen molar-refractivity contribution in [1.82, 2.24) is 10.6 Å². The zero-order valence-corrected chi connectivity index (χ0v) is 16.8. The van der Waals surface area contributed by atoms with Gasteiger partial charge in [0.25, 0.3) is 0 Å². The van der Waals surface area contributed by atoms with Crippen LogP contribution in [-0.4, -0.2) is 54.0 Å². The number of fused-ring (bicyclic) bond motifs is 3. The fourth-order valence-corrected chi connectivity index (χ4v) is 4.12. The van der Waals surface area contributed by atoms with Crippen molar-refractivity contribution in [3.8, 4) is 11.1 Å². The molecule has 4 rings (SSSR count). The quantitative estimate of drug-likeness (QED) is 0.511. The zero-order chi connectivity index (χ0) is 22.0. The molecule has 3 atom stereocenters. The highest BCUT2D eigenvalue weighted by atomic mass is 16.5. The maximum Gasteiger partial charge on any atom is 0.407 e. The number of rotatable bonds is 8. The average Bonchev–Trinajstić information content (AvgIpc) is 3.49. The van der Waals surface area contributed by atoms with Crippen molar-refractivity contribution < 1.29 is 29.3 Å². The molecule has 2 aromatic rings. The number of amides is 2. The lowest BCUT2D eigenvalue weighted by Gasteiger charge is -2.14. The molecule has 0 aromatic heterocycles. The minimum Gasteiger partial charge on any atom is -0.480 e. The van der Waals surface area contributed by atoms with Crippen molar-refractivity contribution in [1.29, 1.82) is 0 Å². The number of aliphatic carboxylic acids is 1. The number of ether oxygens (including phenoxy) is 1. The molecule has 8 nitrogen and oxygen atoms in total. The molecular formula is C23H24N2O6. The summed E-state index contributed by atoms with van der Waals surface area (Å²) in [5.41, 5.74) is 4.57. The zero-order valence-electron chi connectivity index (χ0n) is 16.8. The van der Waals surface area contributed by atoms with Crippen molar-refractivity contribution in [2.45, 2.75) is 18.4 Å². The van der Waals surface area contributed by atoms with E-state index in [1.165, 1.54) is 0 Å². The summed E-state index contributed by atoms with van der Waals surface area (Å²) in [5, 5.41) is 22.9. The highest BCUT2D eigenvalue weighted by Gasteiger charge is 2.44. The van der Waals surface area contributed by atoms with Gasteiger partial charge < -0.3 is 25.6 Å². The molecule has 0 heterocycles. The van der Waals surface area contributed by atoms with Gasteiger partial charge in [-0.25, -0.2) is 9.59 Å². The Morgan fingerprint density at radius 2 is 1.65 bits per heavy atom. The molecule has 8 heteroatoms. The van der Waals surface area contributed by atoms with E-state index >= 15 is 0 Å². The summed E-state index contributed by atoms with van der Waals surface area (Å²) in [5.74, 6) is -2.19. The van der Waals surface area contributed by atoms with Crippen molar-refractivity contribution in [3.05, 3.63) is 59.7 Å². The Labute approximate surface area is 179 Å². The van der Waals surface area contributed by atoms with Gasteiger partial charge in [0.15, 0.2) is 0 Å². The summed E-state index contributed by atoms with van der Waals surface area (Å²) >= 11 is 0. The molecule has 2 aliphatic carbocycles. The number of aliphatic hydroxyl groups excluding tert-OH is 1. The van der Waals surface area contributed by atoms with E-state index in [-0.39, 0.29) is 30.9 Å². The first-order chi connectivity index (χ1) is 15.0. The summed E-state index contributed by atoms with van der Waals surface area (Å²) in [6.07, 6.45) is -0.000494. The highest BCUT2D eigenvalue weighted by molar-refractivity contribution is 5.87. The molecule has 0 aliphatic heterocycles. The molecule has 0 saturated heterocycles. The topological polar surface area (TPSA) is 125 Å². The second-order valence-corrected chi connectivity index (χ2v) is 7.89. The third-order valence-electron chi connectivity index (χ3n) is 5.91. The van der Waals surface area contributed by atoms with E-state index in [0.29, 0.717) is 6.42 Å². The maximum atomic E-state index is 12.2. The number of carbonyl (C=O) groups excluding carboxylic acids is 2. The lowest BCUT2D eigenvalue weighted by Crippen LogP contribution is -2.44. The fourth-order valence-electron chi connectivity index (χ4n) is 4.12. The van der Waals surface area contributed by atoms with Gasteiger partial charge in [-0.15, -0.1) is 0 Å². The number of carboxylic acids is 1. The van der Waals surface area contributed by atoms with Crippen molar-refractivity contribution >= 4 is 18.0 Å². The summed E-state index contributed by atoms with van der Waals surface area (Å²) < 4.78 is 5.47. The van der Waals surface area contributed by atoms with E-state index in [2.05, 4.69) is 22.8 Å². The number of benzene rings is 2. The largest absolute Gasteiger partial charge is 0.480 e. The van der Waals surface area contributed by atoms with Gasteiger partial charge in [-0.1, -0.05) is 48.5 Å². The van der Waals surface area contributed by atoms with Gasteiger partial charge in [0.2, 0.25) is 5.91 Å². The predicted octanol–water partition coefficient (Wildman–Crippen LogP) is 1.72. The van der Waals surface area contributed by atoms with Gasteiger partial charge in [0, 0.05) is 18.4 Å². The van der Waals surface area contributed by atoms with Crippen LogP contribution < -0.4 is 10.6 Å². The Morgan fingerprint density at radius 3 is 2.23 bits per heavy atom. The monoisotopic (exact) mass is 424 g/mol. The first-order valence-electron chi connectivity index (χ1n) is 10.2. The first-order valence-corrected chi connectivity index (χ1v) is 10.2. The van der Waals surface area contributed by atoms with Crippen molar-refractivity contribution in [2.24, 2.45) is 11.8 Å². The molecule has 162 valence electrons. The number of carbonyl (C=O) groups is 3. The van der Waals surface area contributed by atoms with Gasteiger partial charge in [-0.05, 0) is 34.6 Å². The van der Waals surface area contributed by atoms with Crippen LogP contribution in [0.3, 0.4) is 0 Å². The van der Waals surface area contributed by atoms with Gasteiger partial charge in [-0.3, -0.25) is 4.79 Å². The lowest BCUT2D eigenvalue weighted by molar-refractivity contribution is -0.143. The van der Waals surface area contributed by atoms with E-state index in [9.17, 15) is 14.4 Å². The molecule has 2 aromatic carbocycles. The second-order valence-electron chi connectivity index (χ2n) is 7.89. The molecule has 0 bridgehead atoms. The molecule has 1 saturated carbocycles. The third-order valence-corrected chi connectivity index (χ3v) is 5.91. The van der Waals surface area contributed by atoms with Crippen LogP contribution in [0.25, 0.3) is 11.1 Å².